The van der Waals surface area contributed by atoms with Crippen molar-refractivity contribution < 1.29 is 9.59 Å². The van der Waals surface area contributed by atoms with Gasteiger partial charge >= 0.3 is 0 Å². The standard InChI is InChI=1S/C15H18N6O2/c16-14(22)9-21-8-13(19-20-21)15(23)18-7-12-11-4-2-1-3-10(11)5-6-17-12/h1-4,8,12,17H,5-7,9H2,(H2,16,22)(H,18,23). The maximum atomic E-state index is 12.1. The maximum absolute atomic E-state index is 12.1. The van der Waals surface area contributed by atoms with Crippen LogP contribution in [0.5, 0.6) is 0 Å². The first-order chi connectivity index (χ1) is 11.1. The zero-order valence-corrected chi connectivity index (χ0v) is 12.5. The Bertz CT molecular complexity index is 726. The molecule has 1 atom stereocenters. The van der Waals surface area contributed by atoms with Crippen molar-refractivity contribution in [3.8, 4) is 0 Å². The number of hydrogen-bond acceptors (Lipinski definition) is 5. The summed E-state index contributed by atoms with van der Waals surface area (Å²) in [5.41, 5.74) is 7.75. The number of nitrogens with zero attached hydrogens (tertiary/aromatic N) is 3. The molecule has 1 aliphatic heterocycles. The van der Waals surface area contributed by atoms with E-state index in [1.165, 1.54) is 22.0 Å². The number of fused-ring (bicyclic) bond motifs is 1. The third-order valence-electron chi connectivity index (χ3n) is 3.77. The summed E-state index contributed by atoms with van der Waals surface area (Å²) in [5.74, 6) is -0.865. The van der Waals surface area contributed by atoms with Gasteiger partial charge in [0.05, 0.1) is 6.20 Å². The highest BCUT2D eigenvalue weighted by molar-refractivity contribution is 5.91. The summed E-state index contributed by atoms with van der Waals surface area (Å²) in [4.78, 5) is 22.9. The first-order valence-electron chi connectivity index (χ1n) is 7.41. The molecular weight excluding hydrogens is 296 g/mol. The predicted molar refractivity (Wildman–Crippen MR) is 82.4 cm³/mol. The van der Waals surface area contributed by atoms with Gasteiger partial charge in [-0.3, -0.25) is 9.59 Å². The summed E-state index contributed by atoms with van der Waals surface area (Å²) in [5, 5.41) is 13.7. The van der Waals surface area contributed by atoms with Crippen molar-refractivity contribution >= 4 is 11.8 Å². The summed E-state index contributed by atoms with van der Waals surface area (Å²) < 4.78 is 1.24. The SMILES string of the molecule is NC(=O)Cn1cc(C(=O)NCC2NCCc3ccccc32)nn1. The Balaban J connectivity index is 1.61. The number of hydrogen-bond donors (Lipinski definition) is 3. The third-order valence-corrected chi connectivity index (χ3v) is 3.77. The van der Waals surface area contributed by atoms with Crippen molar-refractivity contribution in [2.24, 2.45) is 5.73 Å². The van der Waals surface area contributed by atoms with Crippen LogP contribution in [0.1, 0.15) is 27.7 Å². The molecular formula is C15H18N6O2. The Labute approximate surface area is 133 Å². The van der Waals surface area contributed by atoms with E-state index in [-0.39, 0.29) is 24.2 Å². The fourth-order valence-electron chi connectivity index (χ4n) is 2.70. The molecule has 0 spiro atoms. The third kappa shape index (κ3) is 3.54. The summed E-state index contributed by atoms with van der Waals surface area (Å²) in [6, 6.07) is 8.28. The number of aromatic nitrogens is 3. The molecule has 0 aliphatic carbocycles. The molecule has 120 valence electrons. The normalized spacial score (nSPS) is 16.6. The van der Waals surface area contributed by atoms with Crippen LogP contribution in [0.15, 0.2) is 30.5 Å². The molecule has 0 fully saturated rings. The lowest BCUT2D eigenvalue weighted by Gasteiger charge is -2.26. The van der Waals surface area contributed by atoms with Gasteiger partial charge in [0.1, 0.15) is 6.54 Å². The van der Waals surface area contributed by atoms with E-state index in [0.717, 1.165) is 13.0 Å². The van der Waals surface area contributed by atoms with Gasteiger partial charge in [0.25, 0.3) is 5.91 Å². The summed E-state index contributed by atoms with van der Waals surface area (Å²) in [6.45, 7) is 1.24. The Kier molecular flexibility index (Phi) is 4.33. The van der Waals surface area contributed by atoms with Crippen molar-refractivity contribution in [1.82, 2.24) is 25.6 Å². The molecule has 0 saturated heterocycles. The van der Waals surface area contributed by atoms with Gasteiger partial charge in [-0.25, -0.2) is 4.68 Å². The number of nitrogens with one attached hydrogen (secondary N) is 2. The van der Waals surface area contributed by atoms with Crippen LogP contribution in [0.4, 0.5) is 0 Å². The van der Waals surface area contributed by atoms with Gasteiger partial charge in [0.2, 0.25) is 5.91 Å². The van der Waals surface area contributed by atoms with Crippen LogP contribution in [-0.2, 0) is 17.8 Å². The van der Waals surface area contributed by atoms with E-state index >= 15 is 0 Å². The Morgan fingerprint density at radius 1 is 1.39 bits per heavy atom. The smallest absolute Gasteiger partial charge is 0.273 e. The largest absolute Gasteiger partial charge is 0.368 e. The summed E-state index contributed by atoms with van der Waals surface area (Å²) in [6.07, 6.45) is 2.39. The van der Waals surface area contributed by atoms with Crippen LogP contribution in [0, 0.1) is 0 Å². The van der Waals surface area contributed by atoms with Gasteiger partial charge < -0.3 is 16.4 Å². The molecule has 0 bridgehead atoms. The van der Waals surface area contributed by atoms with Crippen molar-refractivity contribution in [1.29, 1.82) is 0 Å². The number of benzene rings is 1. The second-order valence-corrected chi connectivity index (χ2v) is 5.43. The molecule has 8 nitrogen and oxygen atoms in total. The summed E-state index contributed by atoms with van der Waals surface area (Å²) in [7, 11) is 0. The molecule has 1 aliphatic rings. The number of carbonyl (C=O) groups is 2. The number of rotatable bonds is 5. The van der Waals surface area contributed by atoms with E-state index in [0.29, 0.717) is 6.54 Å². The van der Waals surface area contributed by atoms with Crippen molar-refractivity contribution in [2.45, 2.75) is 19.0 Å². The van der Waals surface area contributed by atoms with Crippen LogP contribution in [0.3, 0.4) is 0 Å². The first kappa shape index (κ1) is 15.2. The van der Waals surface area contributed by atoms with Gasteiger partial charge in [-0.2, -0.15) is 0 Å². The molecule has 23 heavy (non-hydrogen) atoms. The zero-order chi connectivity index (χ0) is 16.2. The van der Waals surface area contributed by atoms with Gasteiger partial charge in [-0.1, -0.05) is 29.5 Å². The molecule has 2 amide bonds. The molecule has 4 N–H and O–H groups in total. The average Bonchev–Trinajstić information content (AvgIpc) is 3.00. The fraction of sp³-hybridized carbons (Fsp3) is 0.333. The fourth-order valence-corrected chi connectivity index (χ4v) is 2.70. The molecule has 0 radical (unpaired) electrons. The molecule has 1 aromatic carbocycles. The van der Waals surface area contributed by atoms with Crippen LogP contribution in [0.2, 0.25) is 0 Å². The highest BCUT2D eigenvalue weighted by Crippen LogP contribution is 2.21. The Morgan fingerprint density at radius 3 is 3.04 bits per heavy atom. The zero-order valence-electron chi connectivity index (χ0n) is 12.5. The Hall–Kier alpha value is -2.74. The number of primary amides is 1. The average molecular weight is 314 g/mol. The molecule has 2 heterocycles. The summed E-state index contributed by atoms with van der Waals surface area (Å²) >= 11 is 0. The van der Waals surface area contributed by atoms with E-state index in [4.69, 9.17) is 5.73 Å². The predicted octanol–water partition coefficient (Wildman–Crippen LogP) is -0.620. The lowest BCUT2D eigenvalue weighted by Crippen LogP contribution is -2.38. The topological polar surface area (TPSA) is 115 Å². The van der Waals surface area contributed by atoms with E-state index in [1.807, 2.05) is 12.1 Å². The number of nitrogens with two attached hydrogens (primary N) is 1. The van der Waals surface area contributed by atoms with E-state index in [1.54, 1.807) is 0 Å². The minimum absolute atomic E-state index is 0.0737. The van der Waals surface area contributed by atoms with Gasteiger partial charge in [-0.05, 0) is 24.1 Å². The first-order valence-corrected chi connectivity index (χ1v) is 7.41. The van der Waals surface area contributed by atoms with E-state index < -0.39 is 5.91 Å². The van der Waals surface area contributed by atoms with Gasteiger partial charge in [0.15, 0.2) is 5.69 Å². The second-order valence-electron chi connectivity index (χ2n) is 5.43. The van der Waals surface area contributed by atoms with Crippen LogP contribution in [-0.4, -0.2) is 39.9 Å². The Morgan fingerprint density at radius 2 is 2.22 bits per heavy atom. The molecule has 1 aromatic heterocycles. The second kappa shape index (κ2) is 6.57. The van der Waals surface area contributed by atoms with Crippen molar-refractivity contribution in [3.63, 3.8) is 0 Å². The minimum Gasteiger partial charge on any atom is -0.368 e. The lowest BCUT2D eigenvalue weighted by molar-refractivity contribution is -0.118. The van der Waals surface area contributed by atoms with E-state index in [9.17, 15) is 9.59 Å². The highest BCUT2D eigenvalue weighted by Gasteiger charge is 2.20. The quantitative estimate of drug-likeness (QED) is 0.680. The van der Waals surface area contributed by atoms with Crippen LogP contribution < -0.4 is 16.4 Å². The molecule has 0 saturated carbocycles. The molecule has 3 rings (SSSR count). The van der Waals surface area contributed by atoms with Crippen LogP contribution in [0.25, 0.3) is 0 Å². The molecule has 2 aromatic rings. The maximum Gasteiger partial charge on any atom is 0.273 e. The van der Waals surface area contributed by atoms with Crippen molar-refractivity contribution in [2.75, 3.05) is 13.1 Å². The minimum atomic E-state index is -0.537. The lowest BCUT2D eigenvalue weighted by atomic mass is 9.94. The molecule has 8 heteroatoms. The molecule has 1 unspecified atom stereocenters. The number of amides is 2. The van der Waals surface area contributed by atoms with Crippen LogP contribution >= 0.6 is 0 Å². The van der Waals surface area contributed by atoms with Gasteiger partial charge in [-0.15, -0.1) is 5.10 Å². The number of carbonyl (C=O) groups excluding carboxylic acids is 2. The highest BCUT2D eigenvalue weighted by atomic mass is 16.2. The monoisotopic (exact) mass is 314 g/mol. The van der Waals surface area contributed by atoms with Crippen molar-refractivity contribution in [3.05, 3.63) is 47.3 Å². The van der Waals surface area contributed by atoms with E-state index in [2.05, 4.69) is 33.1 Å². The van der Waals surface area contributed by atoms with Gasteiger partial charge in [0, 0.05) is 12.6 Å².